The Hall–Kier alpha value is -2.50. The van der Waals surface area contributed by atoms with Gasteiger partial charge in [0.1, 0.15) is 11.5 Å². The Morgan fingerprint density at radius 1 is 1.40 bits per heavy atom. The number of anilines is 1. The highest BCUT2D eigenvalue weighted by Gasteiger charge is 2.12. The van der Waals surface area contributed by atoms with E-state index in [1.54, 1.807) is 25.6 Å². The van der Waals surface area contributed by atoms with Crippen LogP contribution in [0.15, 0.2) is 17.4 Å². The molecule has 0 aliphatic rings. The second-order valence-corrected chi connectivity index (χ2v) is 4.61. The number of methoxy groups -OCH3 is 1. The summed E-state index contributed by atoms with van der Waals surface area (Å²) in [7, 11) is 1.60. The van der Waals surface area contributed by atoms with Crippen LogP contribution in [0.2, 0.25) is 0 Å². The van der Waals surface area contributed by atoms with Crippen molar-refractivity contribution in [3.05, 3.63) is 34.6 Å². The number of aromatic hydroxyl groups is 1. The summed E-state index contributed by atoms with van der Waals surface area (Å²) in [6, 6.07) is 1.65. The molecule has 1 heterocycles. The van der Waals surface area contributed by atoms with Crippen LogP contribution in [0, 0.1) is 20.8 Å². The maximum absolute atomic E-state index is 10.0. The second kappa shape index (κ2) is 5.24. The van der Waals surface area contributed by atoms with E-state index in [1.807, 2.05) is 20.8 Å². The number of hydrogen-bond acceptors (Lipinski definition) is 5. The van der Waals surface area contributed by atoms with Crippen molar-refractivity contribution >= 4 is 12.2 Å². The van der Waals surface area contributed by atoms with Crippen molar-refractivity contribution in [3.63, 3.8) is 0 Å². The Bertz CT molecular complexity index is 674. The van der Waals surface area contributed by atoms with Crippen LogP contribution < -0.4 is 10.5 Å². The molecule has 0 fully saturated rings. The lowest BCUT2D eigenvalue weighted by atomic mass is 10.0. The first kappa shape index (κ1) is 13.9. The van der Waals surface area contributed by atoms with Crippen molar-refractivity contribution in [2.75, 3.05) is 12.8 Å². The lowest BCUT2D eigenvalue weighted by molar-refractivity contribution is 0.405. The molecule has 0 aliphatic carbocycles. The van der Waals surface area contributed by atoms with Crippen LogP contribution in [0.25, 0.3) is 0 Å². The SMILES string of the molecule is COc1c(C)cc(O)c(C=Nn2cc(C)nc2N)c1C. The molecular weight excluding hydrogens is 256 g/mol. The minimum Gasteiger partial charge on any atom is -0.507 e. The molecule has 6 nitrogen and oxygen atoms in total. The van der Waals surface area contributed by atoms with Gasteiger partial charge in [-0.1, -0.05) is 0 Å². The zero-order valence-electron chi connectivity index (χ0n) is 12.0. The zero-order valence-corrected chi connectivity index (χ0v) is 12.0. The zero-order chi connectivity index (χ0) is 14.9. The van der Waals surface area contributed by atoms with E-state index in [1.165, 1.54) is 4.68 Å². The van der Waals surface area contributed by atoms with Gasteiger partial charge >= 0.3 is 0 Å². The number of rotatable bonds is 3. The summed E-state index contributed by atoms with van der Waals surface area (Å²) in [6.45, 7) is 5.58. The van der Waals surface area contributed by atoms with Gasteiger partial charge in [0.2, 0.25) is 5.95 Å². The van der Waals surface area contributed by atoms with E-state index in [9.17, 15) is 5.11 Å². The highest BCUT2D eigenvalue weighted by atomic mass is 16.5. The third-order valence-corrected chi connectivity index (χ3v) is 3.08. The van der Waals surface area contributed by atoms with E-state index in [2.05, 4.69) is 10.1 Å². The Morgan fingerprint density at radius 2 is 2.10 bits per heavy atom. The van der Waals surface area contributed by atoms with Gasteiger partial charge < -0.3 is 15.6 Å². The first-order chi connectivity index (χ1) is 9.43. The summed E-state index contributed by atoms with van der Waals surface area (Å²) in [5, 5.41) is 14.3. The summed E-state index contributed by atoms with van der Waals surface area (Å²) in [5.74, 6) is 1.19. The van der Waals surface area contributed by atoms with Crippen LogP contribution in [0.3, 0.4) is 0 Å². The van der Waals surface area contributed by atoms with E-state index in [-0.39, 0.29) is 5.75 Å². The molecule has 0 saturated heterocycles. The molecule has 6 heteroatoms. The molecule has 3 N–H and O–H groups in total. The third-order valence-electron chi connectivity index (χ3n) is 3.08. The smallest absolute Gasteiger partial charge is 0.221 e. The van der Waals surface area contributed by atoms with Crippen molar-refractivity contribution in [3.8, 4) is 11.5 Å². The van der Waals surface area contributed by atoms with Gasteiger partial charge in [-0.25, -0.2) is 9.66 Å². The minimum atomic E-state index is 0.153. The Kier molecular flexibility index (Phi) is 3.65. The number of benzene rings is 1. The Morgan fingerprint density at radius 3 is 2.65 bits per heavy atom. The maximum Gasteiger partial charge on any atom is 0.221 e. The fourth-order valence-corrected chi connectivity index (χ4v) is 2.15. The van der Waals surface area contributed by atoms with Gasteiger partial charge in [0.05, 0.1) is 25.2 Å². The molecule has 0 saturated carbocycles. The highest BCUT2D eigenvalue weighted by molar-refractivity contribution is 5.87. The molecule has 0 bridgehead atoms. The summed E-state index contributed by atoms with van der Waals surface area (Å²) in [5.41, 5.74) is 8.78. The second-order valence-electron chi connectivity index (χ2n) is 4.61. The molecule has 1 aromatic carbocycles. The van der Waals surface area contributed by atoms with Crippen molar-refractivity contribution in [1.29, 1.82) is 0 Å². The lowest BCUT2D eigenvalue weighted by Crippen LogP contribution is -2.00. The molecule has 2 rings (SSSR count). The first-order valence-electron chi connectivity index (χ1n) is 6.17. The summed E-state index contributed by atoms with van der Waals surface area (Å²) in [4.78, 5) is 4.06. The molecule has 0 aliphatic heterocycles. The number of nitrogens with zero attached hydrogens (tertiary/aromatic N) is 3. The van der Waals surface area contributed by atoms with Crippen LogP contribution in [-0.4, -0.2) is 28.1 Å². The average Bonchev–Trinajstić information content (AvgIpc) is 2.67. The summed E-state index contributed by atoms with van der Waals surface area (Å²) < 4.78 is 6.79. The Balaban J connectivity index is 2.46. The van der Waals surface area contributed by atoms with Crippen LogP contribution in [0.4, 0.5) is 5.95 Å². The van der Waals surface area contributed by atoms with E-state index < -0.39 is 0 Å². The number of nitrogen functional groups attached to an aromatic ring is 1. The van der Waals surface area contributed by atoms with Crippen molar-refractivity contribution in [2.24, 2.45) is 5.10 Å². The topological polar surface area (TPSA) is 85.7 Å². The molecule has 106 valence electrons. The predicted molar refractivity (Wildman–Crippen MR) is 78.5 cm³/mol. The van der Waals surface area contributed by atoms with E-state index in [0.717, 1.165) is 22.6 Å². The molecule has 2 aromatic rings. The number of phenolic OH excluding ortho intramolecular Hbond substituents is 1. The standard InChI is InChI=1S/C14H18N4O2/c1-8-5-12(19)11(10(3)13(8)20-4)6-16-18-7-9(2)17-14(18)15/h5-7,19H,1-4H3,(H2,15,17). The summed E-state index contributed by atoms with van der Waals surface area (Å²) >= 11 is 0. The number of aromatic nitrogens is 2. The van der Waals surface area contributed by atoms with Gasteiger partial charge in [-0.3, -0.25) is 0 Å². The van der Waals surface area contributed by atoms with Crippen LogP contribution in [0.1, 0.15) is 22.4 Å². The molecular formula is C14H18N4O2. The molecule has 0 amide bonds. The van der Waals surface area contributed by atoms with E-state index in [4.69, 9.17) is 10.5 Å². The molecule has 0 spiro atoms. The summed E-state index contributed by atoms with van der Waals surface area (Å²) in [6.07, 6.45) is 3.26. The van der Waals surface area contributed by atoms with E-state index in [0.29, 0.717) is 11.5 Å². The van der Waals surface area contributed by atoms with Crippen molar-refractivity contribution in [1.82, 2.24) is 9.66 Å². The van der Waals surface area contributed by atoms with Gasteiger partial charge in [-0.05, 0) is 32.4 Å². The number of aryl methyl sites for hydroxylation is 2. The van der Waals surface area contributed by atoms with Crippen LogP contribution >= 0.6 is 0 Å². The lowest BCUT2D eigenvalue weighted by Gasteiger charge is -2.12. The third kappa shape index (κ3) is 2.45. The van der Waals surface area contributed by atoms with Gasteiger partial charge in [0.15, 0.2) is 0 Å². The Labute approximate surface area is 117 Å². The van der Waals surface area contributed by atoms with Gasteiger partial charge in [-0.15, -0.1) is 0 Å². The predicted octanol–water partition coefficient (Wildman–Crippen LogP) is 1.99. The average molecular weight is 274 g/mol. The number of nitrogens with two attached hydrogens (primary N) is 1. The molecule has 0 atom stereocenters. The van der Waals surface area contributed by atoms with Crippen molar-refractivity contribution < 1.29 is 9.84 Å². The van der Waals surface area contributed by atoms with Gasteiger partial charge in [0, 0.05) is 11.1 Å². The fraction of sp³-hybridized carbons (Fsp3) is 0.286. The minimum absolute atomic E-state index is 0.153. The monoisotopic (exact) mass is 274 g/mol. The first-order valence-corrected chi connectivity index (χ1v) is 6.17. The van der Waals surface area contributed by atoms with Crippen LogP contribution in [-0.2, 0) is 0 Å². The normalized spacial score (nSPS) is 11.2. The van der Waals surface area contributed by atoms with Crippen molar-refractivity contribution in [2.45, 2.75) is 20.8 Å². The maximum atomic E-state index is 10.0. The fourth-order valence-electron chi connectivity index (χ4n) is 2.15. The number of ether oxygens (including phenoxy) is 1. The number of imidazole rings is 1. The van der Waals surface area contributed by atoms with E-state index >= 15 is 0 Å². The van der Waals surface area contributed by atoms with Gasteiger partial charge in [0.25, 0.3) is 0 Å². The molecule has 0 radical (unpaired) electrons. The van der Waals surface area contributed by atoms with Gasteiger partial charge in [-0.2, -0.15) is 5.10 Å². The molecule has 20 heavy (non-hydrogen) atoms. The quantitative estimate of drug-likeness (QED) is 0.838. The number of hydrogen-bond donors (Lipinski definition) is 2. The largest absolute Gasteiger partial charge is 0.507 e. The highest BCUT2D eigenvalue weighted by Crippen LogP contribution is 2.31. The number of phenols is 1. The van der Waals surface area contributed by atoms with Crippen LogP contribution in [0.5, 0.6) is 11.5 Å². The molecule has 1 aromatic heterocycles. The molecule has 0 unspecified atom stereocenters.